The number of carboxylic acid groups (broad SMARTS) is 1. The van der Waals surface area contributed by atoms with Gasteiger partial charge in [-0.3, -0.25) is 20.2 Å². The summed E-state index contributed by atoms with van der Waals surface area (Å²) in [6.07, 6.45) is 1.41. The van der Waals surface area contributed by atoms with Crippen LogP contribution in [-0.4, -0.2) is 22.9 Å². The standard InChI is InChI=1S/C19H13BrN2O5S/c20-13-5-6-15(27-9-10-1-3-11(4-2-10)18(25)26)12(7-13)8-14-16(23)21-19(28)22-17(14)24/h1-8H,9H2,(H,25,26)(H2,21,22,23,24,28)/p-1. The van der Waals surface area contributed by atoms with Crippen LogP contribution in [0.3, 0.4) is 0 Å². The number of halogens is 1. The Kier molecular flexibility index (Phi) is 5.86. The molecule has 0 aliphatic carbocycles. The van der Waals surface area contributed by atoms with Crippen LogP contribution in [0.2, 0.25) is 0 Å². The van der Waals surface area contributed by atoms with Gasteiger partial charge in [-0.05, 0) is 47.6 Å². The van der Waals surface area contributed by atoms with Crippen molar-refractivity contribution in [3.63, 3.8) is 0 Å². The van der Waals surface area contributed by atoms with E-state index in [1.54, 1.807) is 30.3 Å². The van der Waals surface area contributed by atoms with Gasteiger partial charge in [-0.2, -0.15) is 0 Å². The molecule has 0 spiro atoms. The van der Waals surface area contributed by atoms with E-state index in [2.05, 4.69) is 26.6 Å². The molecule has 0 atom stereocenters. The van der Waals surface area contributed by atoms with Crippen LogP contribution in [0.25, 0.3) is 6.08 Å². The number of thiocarbonyl (C=S) groups is 1. The summed E-state index contributed by atoms with van der Waals surface area (Å²) in [4.78, 5) is 34.9. The summed E-state index contributed by atoms with van der Waals surface area (Å²) in [6.45, 7) is 0.160. The van der Waals surface area contributed by atoms with Gasteiger partial charge in [0.15, 0.2) is 5.11 Å². The third kappa shape index (κ3) is 4.62. The molecule has 1 aliphatic heterocycles. The molecule has 1 heterocycles. The van der Waals surface area contributed by atoms with Crippen molar-refractivity contribution < 1.29 is 24.2 Å². The zero-order chi connectivity index (χ0) is 20.3. The monoisotopic (exact) mass is 459 g/mol. The molecule has 142 valence electrons. The lowest BCUT2D eigenvalue weighted by Crippen LogP contribution is -2.51. The molecule has 2 aromatic rings. The topological polar surface area (TPSA) is 108 Å². The number of ether oxygens (including phenoxy) is 1. The van der Waals surface area contributed by atoms with E-state index in [1.165, 1.54) is 18.2 Å². The van der Waals surface area contributed by atoms with Crippen molar-refractivity contribution in [3.05, 3.63) is 69.2 Å². The molecule has 0 aromatic heterocycles. The zero-order valence-electron chi connectivity index (χ0n) is 14.2. The van der Waals surface area contributed by atoms with Crippen LogP contribution in [0.5, 0.6) is 5.75 Å². The Bertz CT molecular complexity index is 995. The number of carbonyl (C=O) groups is 3. The number of amides is 2. The van der Waals surface area contributed by atoms with Gasteiger partial charge in [0.25, 0.3) is 11.8 Å². The fraction of sp³-hybridized carbons (Fsp3) is 0.0526. The molecule has 1 fully saturated rings. The summed E-state index contributed by atoms with van der Waals surface area (Å²) in [6, 6.07) is 11.2. The van der Waals surface area contributed by atoms with Crippen molar-refractivity contribution in [2.24, 2.45) is 0 Å². The maximum absolute atomic E-state index is 12.0. The Morgan fingerprint density at radius 1 is 1.11 bits per heavy atom. The third-order valence-electron chi connectivity index (χ3n) is 3.80. The number of benzene rings is 2. The first kappa shape index (κ1) is 19.7. The highest BCUT2D eigenvalue weighted by molar-refractivity contribution is 9.10. The second kappa shape index (κ2) is 8.32. The second-order valence-electron chi connectivity index (χ2n) is 5.75. The lowest BCUT2D eigenvalue weighted by Gasteiger charge is -2.17. The third-order valence-corrected chi connectivity index (χ3v) is 4.50. The van der Waals surface area contributed by atoms with E-state index < -0.39 is 17.8 Å². The Morgan fingerprint density at radius 2 is 1.75 bits per heavy atom. The number of nitrogens with one attached hydrogen (secondary N) is 2. The molecule has 7 nitrogen and oxygen atoms in total. The average Bonchev–Trinajstić information content (AvgIpc) is 2.64. The Labute approximate surface area is 173 Å². The highest BCUT2D eigenvalue weighted by Crippen LogP contribution is 2.27. The van der Waals surface area contributed by atoms with E-state index in [0.29, 0.717) is 11.3 Å². The van der Waals surface area contributed by atoms with Crippen LogP contribution in [-0.2, 0) is 16.2 Å². The summed E-state index contributed by atoms with van der Waals surface area (Å²) < 4.78 is 6.53. The predicted octanol–water partition coefficient (Wildman–Crippen LogP) is 1.31. The minimum absolute atomic E-state index is 0.0436. The maximum Gasteiger partial charge on any atom is 0.263 e. The van der Waals surface area contributed by atoms with Gasteiger partial charge in [0.05, 0.1) is 5.97 Å². The van der Waals surface area contributed by atoms with Crippen molar-refractivity contribution in [3.8, 4) is 5.75 Å². The molecule has 0 saturated carbocycles. The highest BCUT2D eigenvalue weighted by atomic mass is 79.9. The Morgan fingerprint density at radius 3 is 2.36 bits per heavy atom. The number of carbonyl (C=O) groups excluding carboxylic acids is 3. The molecular weight excluding hydrogens is 448 g/mol. The SMILES string of the molecule is O=C1NC(=S)NC(=O)C1=Cc1cc(Br)ccc1OCc1ccc(C(=O)[O-])cc1. The molecule has 2 amide bonds. The van der Waals surface area contributed by atoms with Gasteiger partial charge < -0.3 is 14.6 Å². The van der Waals surface area contributed by atoms with E-state index in [9.17, 15) is 19.5 Å². The van der Waals surface area contributed by atoms with E-state index in [4.69, 9.17) is 17.0 Å². The van der Waals surface area contributed by atoms with Crippen molar-refractivity contribution in [1.82, 2.24) is 10.6 Å². The van der Waals surface area contributed by atoms with E-state index >= 15 is 0 Å². The lowest BCUT2D eigenvalue weighted by molar-refractivity contribution is -0.255. The van der Waals surface area contributed by atoms with Gasteiger partial charge in [0.2, 0.25) is 0 Å². The van der Waals surface area contributed by atoms with Gasteiger partial charge in [0, 0.05) is 10.0 Å². The van der Waals surface area contributed by atoms with Gasteiger partial charge in [0.1, 0.15) is 17.9 Å². The Hall–Kier alpha value is -3.04. The average molecular weight is 460 g/mol. The summed E-state index contributed by atoms with van der Waals surface area (Å²) in [5.41, 5.74) is 1.22. The normalized spacial score (nSPS) is 13.6. The molecule has 1 aliphatic rings. The molecule has 0 radical (unpaired) electrons. The number of hydrogen-bond donors (Lipinski definition) is 2. The summed E-state index contributed by atoms with van der Waals surface area (Å²) in [5.74, 6) is -2.01. The summed E-state index contributed by atoms with van der Waals surface area (Å²) in [7, 11) is 0. The summed E-state index contributed by atoms with van der Waals surface area (Å²) in [5, 5.41) is 15.5. The molecule has 1 saturated heterocycles. The van der Waals surface area contributed by atoms with Gasteiger partial charge in [-0.1, -0.05) is 40.2 Å². The zero-order valence-corrected chi connectivity index (χ0v) is 16.6. The first-order valence-corrected chi connectivity index (χ1v) is 9.14. The predicted molar refractivity (Wildman–Crippen MR) is 106 cm³/mol. The van der Waals surface area contributed by atoms with Crippen molar-refractivity contribution in [2.75, 3.05) is 0 Å². The van der Waals surface area contributed by atoms with Crippen LogP contribution in [0.4, 0.5) is 0 Å². The van der Waals surface area contributed by atoms with Gasteiger partial charge >= 0.3 is 0 Å². The first-order chi connectivity index (χ1) is 13.3. The van der Waals surface area contributed by atoms with Crippen LogP contribution < -0.4 is 20.5 Å². The minimum atomic E-state index is -1.25. The van der Waals surface area contributed by atoms with Crippen LogP contribution >= 0.6 is 28.1 Å². The first-order valence-electron chi connectivity index (χ1n) is 7.94. The highest BCUT2D eigenvalue weighted by Gasteiger charge is 2.26. The van der Waals surface area contributed by atoms with E-state index in [-0.39, 0.29) is 22.9 Å². The van der Waals surface area contributed by atoms with Gasteiger partial charge in [-0.25, -0.2) is 0 Å². The minimum Gasteiger partial charge on any atom is -0.545 e. The van der Waals surface area contributed by atoms with Crippen LogP contribution in [0.1, 0.15) is 21.5 Å². The van der Waals surface area contributed by atoms with Crippen molar-refractivity contribution in [2.45, 2.75) is 6.61 Å². The van der Waals surface area contributed by atoms with Crippen LogP contribution in [0.15, 0.2) is 52.5 Å². The molecule has 2 aromatic carbocycles. The van der Waals surface area contributed by atoms with E-state index in [0.717, 1.165) is 10.0 Å². The number of hydrogen-bond acceptors (Lipinski definition) is 6. The fourth-order valence-electron chi connectivity index (χ4n) is 2.42. The quantitative estimate of drug-likeness (QED) is 0.396. The molecular formula is C19H12BrN2O5S-. The van der Waals surface area contributed by atoms with Crippen molar-refractivity contribution >= 4 is 57.1 Å². The molecule has 9 heteroatoms. The van der Waals surface area contributed by atoms with E-state index in [1.807, 2.05) is 0 Å². The van der Waals surface area contributed by atoms with Crippen LogP contribution in [0, 0.1) is 0 Å². The fourth-order valence-corrected chi connectivity index (χ4v) is 2.99. The van der Waals surface area contributed by atoms with Gasteiger partial charge in [-0.15, -0.1) is 0 Å². The largest absolute Gasteiger partial charge is 0.545 e. The second-order valence-corrected chi connectivity index (χ2v) is 7.07. The number of rotatable bonds is 5. The number of aromatic carboxylic acids is 1. The number of carboxylic acids is 1. The summed E-state index contributed by atoms with van der Waals surface area (Å²) >= 11 is 8.13. The molecule has 28 heavy (non-hydrogen) atoms. The molecule has 2 N–H and O–H groups in total. The van der Waals surface area contributed by atoms with Crippen molar-refractivity contribution in [1.29, 1.82) is 0 Å². The smallest absolute Gasteiger partial charge is 0.263 e. The molecule has 3 rings (SSSR count). The lowest BCUT2D eigenvalue weighted by atomic mass is 10.1. The Balaban J connectivity index is 1.84. The molecule has 0 unspecified atom stereocenters. The maximum atomic E-state index is 12.0. The molecule has 0 bridgehead atoms.